The zero-order valence-electron chi connectivity index (χ0n) is 24.0. The minimum Gasteiger partial charge on any atom is -0.407 e. The highest BCUT2D eigenvalue weighted by Gasteiger charge is 2.56. The standard InChI is InChI=1S/C30H39N5O3Si/c1-20(38-39(6,7)30(2,3)4)28-32-14-15-34(28)17-23-16-27(37-33-23)22-11-8-21(9-12-22)10-13-24-25-18-35(19-26(24)25)29(36)31-5/h8-9,11-12,14-16,20,24-26H,17-19H2,1-7H3,(H,31,36)/t20-,24-,25-,26+/m0/s1. The molecule has 2 fully saturated rings. The monoisotopic (exact) mass is 545 g/mol. The first-order chi connectivity index (χ1) is 18.5. The van der Waals surface area contributed by atoms with Crippen LogP contribution >= 0.6 is 0 Å². The van der Waals surface area contributed by atoms with Gasteiger partial charge in [0.1, 0.15) is 17.6 Å². The number of nitrogens with zero attached hydrogens (tertiary/aromatic N) is 4. The van der Waals surface area contributed by atoms with E-state index in [1.165, 1.54) is 0 Å². The lowest BCUT2D eigenvalue weighted by atomic mass is 10.1. The van der Waals surface area contributed by atoms with Crippen molar-refractivity contribution < 1.29 is 13.7 Å². The Labute approximate surface area is 232 Å². The van der Waals surface area contributed by atoms with Crippen molar-refractivity contribution in [3.05, 3.63) is 59.8 Å². The Kier molecular flexibility index (Phi) is 7.20. The first-order valence-electron chi connectivity index (χ1n) is 13.7. The number of carbonyl (C=O) groups is 1. The maximum Gasteiger partial charge on any atom is 0.317 e. The summed E-state index contributed by atoms with van der Waals surface area (Å²) in [6, 6.07) is 10.1. The largest absolute Gasteiger partial charge is 0.407 e. The quantitative estimate of drug-likeness (QED) is 0.325. The zero-order valence-corrected chi connectivity index (χ0v) is 25.0. The lowest BCUT2D eigenvalue weighted by molar-refractivity contribution is 0.189. The van der Waals surface area contributed by atoms with Gasteiger partial charge in [0.15, 0.2) is 14.1 Å². The molecule has 0 spiro atoms. The van der Waals surface area contributed by atoms with Gasteiger partial charge in [-0.15, -0.1) is 0 Å². The van der Waals surface area contributed by atoms with Crippen LogP contribution in [-0.2, 0) is 11.0 Å². The van der Waals surface area contributed by atoms with Gasteiger partial charge in [0.05, 0.1) is 6.54 Å². The van der Waals surface area contributed by atoms with E-state index in [1.54, 1.807) is 7.05 Å². The minimum absolute atomic E-state index is 0.00996. The predicted molar refractivity (Wildman–Crippen MR) is 153 cm³/mol. The number of rotatable bonds is 6. The van der Waals surface area contributed by atoms with Crippen LogP contribution in [0.5, 0.6) is 0 Å². The molecule has 9 heteroatoms. The number of benzene rings is 1. The summed E-state index contributed by atoms with van der Waals surface area (Å²) in [4.78, 5) is 18.2. The van der Waals surface area contributed by atoms with Crippen LogP contribution in [0.3, 0.4) is 0 Å². The fourth-order valence-corrected chi connectivity index (χ4v) is 6.47. The average Bonchev–Trinajstić information content (AvgIpc) is 3.38. The second-order valence-corrected chi connectivity index (χ2v) is 17.0. The normalized spacial score (nSPS) is 21.2. The molecule has 3 aromatic rings. The molecule has 1 aliphatic heterocycles. The Hall–Kier alpha value is -3.35. The molecule has 1 aromatic carbocycles. The number of likely N-dealkylation sites (tertiary alicyclic amines) is 1. The van der Waals surface area contributed by atoms with Crippen LogP contribution in [0, 0.1) is 29.6 Å². The van der Waals surface area contributed by atoms with Gasteiger partial charge in [-0.05, 0) is 61.2 Å². The Morgan fingerprint density at radius 1 is 1.23 bits per heavy atom. The average molecular weight is 546 g/mol. The number of piperidine rings is 1. The summed E-state index contributed by atoms with van der Waals surface area (Å²) in [5.74, 6) is 9.77. The van der Waals surface area contributed by atoms with E-state index >= 15 is 0 Å². The Bertz CT molecular complexity index is 1380. The number of urea groups is 1. The van der Waals surface area contributed by atoms with Crippen molar-refractivity contribution in [3.63, 3.8) is 0 Å². The topological polar surface area (TPSA) is 85.4 Å². The molecule has 1 N–H and O–H groups in total. The van der Waals surface area contributed by atoms with Crippen molar-refractivity contribution >= 4 is 14.3 Å². The van der Waals surface area contributed by atoms with E-state index in [9.17, 15) is 4.79 Å². The van der Waals surface area contributed by atoms with Gasteiger partial charge in [0.2, 0.25) is 0 Å². The summed E-state index contributed by atoms with van der Waals surface area (Å²) < 4.78 is 14.3. The van der Waals surface area contributed by atoms with E-state index < -0.39 is 8.32 Å². The van der Waals surface area contributed by atoms with Crippen molar-refractivity contribution in [1.29, 1.82) is 0 Å². The summed E-state index contributed by atoms with van der Waals surface area (Å²) in [7, 11) is -0.244. The summed E-state index contributed by atoms with van der Waals surface area (Å²) in [6.07, 6.45) is 3.67. The fourth-order valence-electron chi connectivity index (χ4n) is 5.13. The maximum absolute atomic E-state index is 11.8. The zero-order chi connectivity index (χ0) is 27.9. The number of imidazole rings is 1. The number of fused-ring (bicyclic) bond motifs is 1. The highest BCUT2D eigenvalue weighted by molar-refractivity contribution is 6.74. The van der Waals surface area contributed by atoms with E-state index in [2.05, 4.69) is 72.7 Å². The molecule has 2 aliphatic rings. The highest BCUT2D eigenvalue weighted by Crippen LogP contribution is 2.51. The predicted octanol–water partition coefficient (Wildman–Crippen LogP) is 5.54. The van der Waals surface area contributed by atoms with Crippen molar-refractivity contribution in [2.75, 3.05) is 20.1 Å². The van der Waals surface area contributed by atoms with Gasteiger partial charge in [-0.3, -0.25) is 0 Å². The maximum atomic E-state index is 11.8. The van der Waals surface area contributed by atoms with E-state index in [0.717, 1.165) is 41.5 Å². The number of nitrogens with one attached hydrogen (secondary N) is 1. The molecule has 8 nitrogen and oxygen atoms in total. The molecule has 1 saturated heterocycles. The van der Waals surface area contributed by atoms with Gasteiger partial charge in [-0.25, -0.2) is 9.78 Å². The minimum atomic E-state index is -1.92. The molecule has 5 rings (SSSR count). The number of carbonyl (C=O) groups excluding carboxylic acids is 1. The smallest absolute Gasteiger partial charge is 0.317 e. The third-order valence-corrected chi connectivity index (χ3v) is 13.1. The van der Waals surface area contributed by atoms with Gasteiger partial charge >= 0.3 is 6.03 Å². The van der Waals surface area contributed by atoms with Crippen molar-refractivity contribution in [1.82, 2.24) is 24.9 Å². The van der Waals surface area contributed by atoms with E-state index in [1.807, 2.05) is 47.6 Å². The van der Waals surface area contributed by atoms with Crippen LogP contribution in [0.1, 0.15) is 50.9 Å². The molecule has 0 radical (unpaired) electrons. The van der Waals surface area contributed by atoms with Crippen molar-refractivity contribution in [2.24, 2.45) is 17.8 Å². The van der Waals surface area contributed by atoms with Crippen molar-refractivity contribution in [3.8, 4) is 23.2 Å². The molecule has 4 atom stereocenters. The fraction of sp³-hybridized carbons (Fsp3) is 0.500. The molecule has 3 heterocycles. The van der Waals surface area contributed by atoms with Gasteiger partial charge in [0, 0.05) is 55.6 Å². The highest BCUT2D eigenvalue weighted by atomic mass is 28.4. The summed E-state index contributed by atoms with van der Waals surface area (Å²) in [6.45, 7) is 15.5. The van der Waals surface area contributed by atoms with Crippen LogP contribution in [0.25, 0.3) is 11.3 Å². The van der Waals surface area contributed by atoms with Crippen LogP contribution in [-0.4, -0.2) is 54.1 Å². The van der Waals surface area contributed by atoms with E-state index in [4.69, 9.17) is 8.95 Å². The van der Waals surface area contributed by atoms with Crippen LogP contribution < -0.4 is 5.32 Å². The first kappa shape index (κ1) is 27.2. The molecular weight excluding hydrogens is 506 g/mol. The number of hydrogen-bond donors (Lipinski definition) is 1. The summed E-state index contributed by atoms with van der Waals surface area (Å²) >= 11 is 0. The SMILES string of the molecule is CNC(=O)N1C[C@@H]2[C@@H](C#Cc3ccc(-c4cc(Cn5ccnc5[C@H](C)O[Si](C)(C)C(C)(C)C)no4)cc3)[C@@H]2C1. The Morgan fingerprint density at radius 3 is 2.56 bits per heavy atom. The molecular formula is C30H39N5O3Si. The number of aromatic nitrogens is 3. The number of hydrogen-bond acceptors (Lipinski definition) is 5. The van der Waals surface area contributed by atoms with Crippen LogP contribution in [0.15, 0.2) is 47.2 Å². The molecule has 0 bridgehead atoms. The second-order valence-electron chi connectivity index (χ2n) is 12.3. The lowest BCUT2D eigenvalue weighted by Crippen LogP contribution is -2.41. The van der Waals surface area contributed by atoms with E-state index in [0.29, 0.717) is 24.3 Å². The molecule has 1 aliphatic carbocycles. The third kappa shape index (κ3) is 5.68. The first-order valence-corrected chi connectivity index (χ1v) is 16.6. The Morgan fingerprint density at radius 2 is 1.92 bits per heavy atom. The van der Waals surface area contributed by atoms with Gasteiger partial charge in [0.25, 0.3) is 0 Å². The molecule has 0 unspecified atom stereocenters. The molecule has 2 amide bonds. The second kappa shape index (κ2) is 10.3. The van der Waals surface area contributed by atoms with Gasteiger partial charge in [-0.1, -0.05) is 37.8 Å². The lowest BCUT2D eigenvalue weighted by Gasteiger charge is -2.38. The molecule has 206 valence electrons. The van der Waals surface area contributed by atoms with Gasteiger partial charge < -0.3 is 23.7 Å². The summed E-state index contributed by atoms with van der Waals surface area (Å²) in [5, 5.41) is 7.15. The van der Waals surface area contributed by atoms with Crippen LogP contribution in [0.2, 0.25) is 18.1 Å². The van der Waals surface area contributed by atoms with Crippen LogP contribution in [0.4, 0.5) is 4.79 Å². The molecule has 2 aromatic heterocycles. The molecule has 1 saturated carbocycles. The number of amides is 2. The molecule has 39 heavy (non-hydrogen) atoms. The van der Waals surface area contributed by atoms with Crippen molar-refractivity contribution in [2.45, 2.75) is 58.5 Å². The van der Waals surface area contributed by atoms with E-state index in [-0.39, 0.29) is 17.2 Å². The third-order valence-electron chi connectivity index (χ3n) is 8.53. The summed E-state index contributed by atoms with van der Waals surface area (Å²) in [5.41, 5.74) is 2.77. The van der Waals surface area contributed by atoms with Gasteiger partial charge in [-0.2, -0.15) is 0 Å². The Balaban J connectivity index is 1.19.